The van der Waals surface area contributed by atoms with Crippen molar-refractivity contribution in [3.8, 4) is 0 Å². The van der Waals surface area contributed by atoms with Crippen molar-refractivity contribution in [1.82, 2.24) is 5.32 Å². The number of rotatable bonds is 5. The quantitative estimate of drug-likeness (QED) is 0.830. The van der Waals surface area contributed by atoms with Crippen molar-refractivity contribution in [2.45, 2.75) is 18.9 Å². The van der Waals surface area contributed by atoms with Crippen LogP contribution in [0.4, 0.5) is 0 Å². The first-order chi connectivity index (χ1) is 7.68. The first-order valence-corrected chi connectivity index (χ1v) is 5.77. The van der Waals surface area contributed by atoms with Gasteiger partial charge < -0.3 is 10.4 Å². The summed E-state index contributed by atoms with van der Waals surface area (Å²) in [6.45, 7) is 0.752. The van der Waals surface area contributed by atoms with Crippen LogP contribution >= 0.6 is 11.6 Å². The zero-order chi connectivity index (χ0) is 11.5. The third-order valence-corrected chi connectivity index (χ3v) is 3.11. The zero-order valence-corrected chi connectivity index (χ0v) is 9.57. The highest BCUT2D eigenvalue weighted by Gasteiger charge is 2.26. The fourth-order valence-electron chi connectivity index (χ4n) is 1.65. The Morgan fingerprint density at radius 1 is 1.50 bits per heavy atom. The van der Waals surface area contributed by atoms with Gasteiger partial charge in [-0.1, -0.05) is 29.8 Å². The van der Waals surface area contributed by atoms with E-state index in [2.05, 4.69) is 5.32 Å². The fraction of sp³-hybridized carbons (Fsp3) is 0.417. The second kappa shape index (κ2) is 4.85. The molecule has 0 heterocycles. The second-order valence-electron chi connectivity index (χ2n) is 4.14. The molecule has 0 amide bonds. The van der Waals surface area contributed by atoms with Crippen molar-refractivity contribution in [2.24, 2.45) is 5.92 Å². The molecule has 0 bridgehead atoms. The largest absolute Gasteiger partial charge is 0.480 e. The number of hydrogen-bond donors (Lipinski definition) is 2. The average Bonchev–Trinajstić information content (AvgIpc) is 3.04. The van der Waals surface area contributed by atoms with Crippen LogP contribution in [-0.2, 0) is 4.79 Å². The highest BCUT2D eigenvalue weighted by molar-refractivity contribution is 6.31. The predicted octanol–water partition coefficient (Wildman–Crippen LogP) is 2.47. The standard InChI is InChI=1S/C12H14ClNO2/c13-10-4-2-1-3-9(10)11(12(15)16)14-7-8-5-6-8/h1-4,8,11,14H,5-7H2,(H,15,16). The van der Waals surface area contributed by atoms with Gasteiger partial charge in [0.2, 0.25) is 0 Å². The highest BCUT2D eigenvalue weighted by Crippen LogP contribution is 2.29. The van der Waals surface area contributed by atoms with Crippen LogP contribution in [-0.4, -0.2) is 17.6 Å². The Kier molecular flexibility index (Phi) is 3.46. The number of carboxylic acid groups (broad SMARTS) is 1. The van der Waals surface area contributed by atoms with Crippen LogP contribution in [0.3, 0.4) is 0 Å². The van der Waals surface area contributed by atoms with E-state index >= 15 is 0 Å². The molecular weight excluding hydrogens is 226 g/mol. The molecule has 1 saturated carbocycles. The summed E-state index contributed by atoms with van der Waals surface area (Å²) >= 11 is 5.99. The van der Waals surface area contributed by atoms with E-state index in [1.807, 2.05) is 0 Å². The molecule has 86 valence electrons. The Hall–Kier alpha value is -1.06. The lowest BCUT2D eigenvalue weighted by molar-refractivity contribution is -0.139. The summed E-state index contributed by atoms with van der Waals surface area (Å²) in [7, 11) is 0. The summed E-state index contributed by atoms with van der Waals surface area (Å²) in [6.07, 6.45) is 2.39. The first-order valence-electron chi connectivity index (χ1n) is 5.39. The molecule has 16 heavy (non-hydrogen) atoms. The van der Waals surface area contributed by atoms with Crippen LogP contribution in [0, 0.1) is 5.92 Å². The number of aliphatic carboxylic acids is 1. The molecule has 1 aromatic rings. The summed E-state index contributed by atoms with van der Waals surface area (Å²) in [5, 5.41) is 12.7. The minimum absolute atomic E-state index is 0.498. The van der Waals surface area contributed by atoms with E-state index in [9.17, 15) is 4.79 Å². The van der Waals surface area contributed by atoms with E-state index in [-0.39, 0.29) is 0 Å². The molecule has 1 aromatic carbocycles. The molecule has 1 aliphatic rings. The smallest absolute Gasteiger partial charge is 0.325 e. The van der Waals surface area contributed by atoms with Crippen molar-refractivity contribution in [3.63, 3.8) is 0 Å². The highest BCUT2D eigenvalue weighted by atomic mass is 35.5. The van der Waals surface area contributed by atoms with Crippen molar-refractivity contribution in [1.29, 1.82) is 0 Å². The monoisotopic (exact) mass is 239 g/mol. The van der Waals surface area contributed by atoms with Gasteiger partial charge in [-0.05, 0) is 36.9 Å². The van der Waals surface area contributed by atoms with Gasteiger partial charge in [-0.25, -0.2) is 0 Å². The lowest BCUT2D eigenvalue weighted by Gasteiger charge is -2.15. The summed E-state index contributed by atoms with van der Waals surface area (Å²) in [5.41, 5.74) is 0.636. The lowest BCUT2D eigenvalue weighted by Crippen LogP contribution is -2.30. The third-order valence-electron chi connectivity index (χ3n) is 2.77. The molecular formula is C12H14ClNO2. The molecule has 1 unspecified atom stereocenters. The third kappa shape index (κ3) is 2.74. The molecule has 4 heteroatoms. The number of halogens is 1. The van der Waals surface area contributed by atoms with Crippen LogP contribution < -0.4 is 5.32 Å². The van der Waals surface area contributed by atoms with E-state index in [4.69, 9.17) is 16.7 Å². The molecule has 0 spiro atoms. The van der Waals surface area contributed by atoms with Gasteiger partial charge in [0.1, 0.15) is 6.04 Å². The van der Waals surface area contributed by atoms with Crippen LogP contribution in [0.15, 0.2) is 24.3 Å². The topological polar surface area (TPSA) is 49.3 Å². The van der Waals surface area contributed by atoms with Crippen LogP contribution in [0.5, 0.6) is 0 Å². The van der Waals surface area contributed by atoms with E-state index in [1.54, 1.807) is 24.3 Å². The number of hydrogen-bond acceptors (Lipinski definition) is 2. The number of carboxylic acids is 1. The van der Waals surface area contributed by atoms with Crippen molar-refractivity contribution in [3.05, 3.63) is 34.9 Å². The second-order valence-corrected chi connectivity index (χ2v) is 4.55. The van der Waals surface area contributed by atoms with Crippen molar-refractivity contribution >= 4 is 17.6 Å². The van der Waals surface area contributed by atoms with Crippen LogP contribution in [0.1, 0.15) is 24.4 Å². The Bertz CT molecular complexity index is 390. The van der Waals surface area contributed by atoms with Crippen LogP contribution in [0.25, 0.3) is 0 Å². The minimum Gasteiger partial charge on any atom is -0.480 e. The molecule has 0 aliphatic heterocycles. The Labute approximate surface area is 99.4 Å². The van der Waals surface area contributed by atoms with Gasteiger partial charge in [-0.3, -0.25) is 4.79 Å². The van der Waals surface area contributed by atoms with Gasteiger partial charge in [-0.15, -0.1) is 0 Å². The number of benzene rings is 1. The summed E-state index contributed by atoms with van der Waals surface area (Å²) in [4.78, 5) is 11.2. The maximum atomic E-state index is 11.2. The molecule has 1 atom stereocenters. The summed E-state index contributed by atoms with van der Waals surface area (Å²) < 4.78 is 0. The van der Waals surface area contributed by atoms with Gasteiger partial charge in [-0.2, -0.15) is 0 Å². The van der Waals surface area contributed by atoms with Gasteiger partial charge in [0.25, 0.3) is 0 Å². The Balaban J connectivity index is 2.11. The number of nitrogens with one attached hydrogen (secondary N) is 1. The molecule has 2 N–H and O–H groups in total. The van der Waals surface area contributed by atoms with E-state index in [0.717, 1.165) is 6.54 Å². The Morgan fingerprint density at radius 2 is 2.19 bits per heavy atom. The lowest BCUT2D eigenvalue weighted by atomic mass is 10.1. The SMILES string of the molecule is O=C(O)C(NCC1CC1)c1ccccc1Cl. The first kappa shape index (κ1) is 11.4. The molecule has 0 saturated heterocycles. The Morgan fingerprint density at radius 3 is 2.75 bits per heavy atom. The molecule has 0 aromatic heterocycles. The van der Waals surface area contributed by atoms with E-state index < -0.39 is 12.0 Å². The van der Waals surface area contributed by atoms with Gasteiger partial charge in [0, 0.05) is 5.02 Å². The predicted molar refractivity (Wildman–Crippen MR) is 62.6 cm³/mol. The average molecular weight is 240 g/mol. The number of carbonyl (C=O) groups is 1. The van der Waals surface area contributed by atoms with Gasteiger partial charge >= 0.3 is 5.97 Å². The molecule has 3 nitrogen and oxygen atoms in total. The van der Waals surface area contributed by atoms with Gasteiger partial charge in [0.05, 0.1) is 0 Å². The van der Waals surface area contributed by atoms with Crippen molar-refractivity contribution in [2.75, 3.05) is 6.54 Å². The fourth-order valence-corrected chi connectivity index (χ4v) is 1.89. The molecule has 0 radical (unpaired) electrons. The van der Waals surface area contributed by atoms with E-state index in [1.165, 1.54) is 12.8 Å². The summed E-state index contributed by atoms with van der Waals surface area (Å²) in [6, 6.07) is 6.36. The minimum atomic E-state index is -0.881. The molecule has 1 aliphatic carbocycles. The van der Waals surface area contributed by atoms with Gasteiger partial charge in [0.15, 0.2) is 0 Å². The van der Waals surface area contributed by atoms with E-state index in [0.29, 0.717) is 16.5 Å². The van der Waals surface area contributed by atoms with Crippen molar-refractivity contribution < 1.29 is 9.90 Å². The maximum absolute atomic E-state index is 11.2. The normalized spacial score (nSPS) is 17.1. The molecule has 2 rings (SSSR count). The van der Waals surface area contributed by atoms with Crippen LogP contribution in [0.2, 0.25) is 5.02 Å². The zero-order valence-electron chi connectivity index (χ0n) is 8.82. The summed E-state index contributed by atoms with van der Waals surface area (Å²) in [5.74, 6) is -0.238. The molecule has 1 fully saturated rings. The maximum Gasteiger partial charge on any atom is 0.325 e.